The molecule has 3 rings (SSSR count). The van der Waals surface area contributed by atoms with Crippen LogP contribution in [0.1, 0.15) is 63.9 Å². The highest BCUT2D eigenvalue weighted by atomic mass is 28.3. The molecule has 0 spiro atoms. The molecule has 2 fully saturated rings. The van der Waals surface area contributed by atoms with Crippen LogP contribution < -0.4 is 4.74 Å². The fourth-order valence-corrected chi connectivity index (χ4v) is 9.20. The van der Waals surface area contributed by atoms with Gasteiger partial charge in [0.05, 0.1) is 0 Å². The van der Waals surface area contributed by atoms with Crippen molar-refractivity contribution in [3.05, 3.63) is 29.3 Å². The molecule has 2 aliphatic rings. The van der Waals surface area contributed by atoms with E-state index in [1.165, 1.54) is 63.1 Å². The maximum atomic E-state index is 14.1. The largest absolute Gasteiger partial charge is 0.482 e. The molecule has 170 valence electrons. The molecule has 1 nitrogen and oxygen atoms in total. The van der Waals surface area contributed by atoms with Crippen LogP contribution in [0.2, 0.25) is 18.1 Å². The normalized spacial score (nSPS) is 27.4. The Kier molecular flexibility index (Phi) is 9.08. The third kappa shape index (κ3) is 6.73. The topological polar surface area (TPSA) is 9.23 Å². The minimum atomic E-state index is -2.76. The Morgan fingerprint density at radius 3 is 2.13 bits per heavy atom. The number of hydrogen-bond donors (Lipinski definition) is 0. The Morgan fingerprint density at radius 2 is 1.57 bits per heavy atom. The summed E-state index contributed by atoms with van der Waals surface area (Å²) in [7, 11) is -0.407. The smallest absolute Gasteiger partial charge is 0.272 e. The van der Waals surface area contributed by atoms with E-state index in [1.54, 1.807) is 12.1 Å². The Morgan fingerprint density at radius 1 is 0.967 bits per heavy atom. The molecular formula is C24H36F4OSi. The van der Waals surface area contributed by atoms with Crippen LogP contribution in [0.5, 0.6) is 5.75 Å². The molecule has 0 N–H and O–H groups in total. The van der Waals surface area contributed by atoms with Crippen LogP contribution >= 0.6 is 0 Å². The molecule has 1 aliphatic carbocycles. The number of ether oxygens (including phenoxy) is 1. The van der Waals surface area contributed by atoms with E-state index < -0.39 is 39.2 Å². The molecular weight excluding hydrogens is 408 g/mol. The molecule has 1 aromatic carbocycles. The van der Waals surface area contributed by atoms with Crippen molar-refractivity contribution in [3.8, 4) is 5.75 Å². The van der Waals surface area contributed by atoms with Gasteiger partial charge in [-0.25, -0.2) is 17.6 Å². The van der Waals surface area contributed by atoms with Gasteiger partial charge in [0.2, 0.25) is 0 Å². The van der Waals surface area contributed by atoms with Gasteiger partial charge in [0.15, 0.2) is 17.4 Å². The van der Waals surface area contributed by atoms with E-state index in [2.05, 4.69) is 11.7 Å². The molecule has 1 aromatic rings. The van der Waals surface area contributed by atoms with Crippen LogP contribution in [0.15, 0.2) is 12.1 Å². The molecule has 0 amide bonds. The lowest BCUT2D eigenvalue weighted by Gasteiger charge is -2.37. The van der Waals surface area contributed by atoms with E-state index in [0.717, 1.165) is 18.3 Å². The fourth-order valence-electron chi connectivity index (χ4n) is 5.72. The third-order valence-electron chi connectivity index (χ3n) is 7.40. The molecule has 30 heavy (non-hydrogen) atoms. The van der Waals surface area contributed by atoms with Crippen molar-refractivity contribution < 1.29 is 22.3 Å². The molecule has 1 saturated carbocycles. The van der Waals surface area contributed by atoms with Gasteiger partial charge < -0.3 is 4.74 Å². The van der Waals surface area contributed by atoms with E-state index in [4.69, 9.17) is 0 Å². The van der Waals surface area contributed by atoms with Crippen LogP contribution in [0.3, 0.4) is 0 Å². The SMILES string of the molecule is CCC[SiH]1CCC([C@H]2CC[C@H](CCc3cc(F)c(OCC(F)F)c(F)c3)CC2)CC1. The molecule has 1 saturated heterocycles. The monoisotopic (exact) mass is 444 g/mol. The van der Waals surface area contributed by atoms with Gasteiger partial charge in [-0.1, -0.05) is 57.2 Å². The maximum absolute atomic E-state index is 14.1. The van der Waals surface area contributed by atoms with Crippen LogP contribution in [0, 0.1) is 29.4 Å². The molecule has 0 radical (unpaired) electrons. The first-order valence-corrected chi connectivity index (χ1v) is 14.3. The second-order valence-corrected chi connectivity index (χ2v) is 12.9. The summed E-state index contributed by atoms with van der Waals surface area (Å²) in [6.07, 6.45) is 8.13. The Hall–Kier alpha value is -1.04. The predicted molar refractivity (Wildman–Crippen MR) is 116 cm³/mol. The first-order valence-electron chi connectivity index (χ1n) is 11.8. The van der Waals surface area contributed by atoms with E-state index in [9.17, 15) is 17.6 Å². The van der Waals surface area contributed by atoms with Crippen LogP contribution in [0.25, 0.3) is 0 Å². The maximum Gasteiger partial charge on any atom is 0.272 e. The van der Waals surface area contributed by atoms with Crippen molar-refractivity contribution in [2.75, 3.05) is 6.61 Å². The summed E-state index contributed by atoms with van der Waals surface area (Å²) in [4.78, 5) is 0. The van der Waals surface area contributed by atoms with Crippen molar-refractivity contribution in [2.24, 2.45) is 17.8 Å². The minimum absolute atomic E-state index is 0.407. The van der Waals surface area contributed by atoms with Crippen LogP contribution in [-0.4, -0.2) is 21.8 Å². The number of halogens is 4. The average Bonchev–Trinajstić information content (AvgIpc) is 2.73. The lowest BCUT2D eigenvalue weighted by molar-refractivity contribution is 0.0777. The highest BCUT2D eigenvalue weighted by molar-refractivity contribution is 6.58. The van der Waals surface area contributed by atoms with Gasteiger partial charge in [-0.2, -0.15) is 0 Å². The van der Waals surface area contributed by atoms with Crippen molar-refractivity contribution in [3.63, 3.8) is 0 Å². The van der Waals surface area contributed by atoms with Gasteiger partial charge in [-0.15, -0.1) is 0 Å². The first-order chi connectivity index (χ1) is 14.5. The highest BCUT2D eigenvalue weighted by Crippen LogP contribution is 2.42. The summed E-state index contributed by atoms with van der Waals surface area (Å²) in [5.74, 6) is -0.0353. The summed E-state index contributed by atoms with van der Waals surface area (Å²) in [6.45, 7) is 1.32. The van der Waals surface area contributed by atoms with Crippen molar-refractivity contribution in [1.82, 2.24) is 0 Å². The van der Waals surface area contributed by atoms with E-state index in [0.29, 0.717) is 17.9 Å². The second kappa shape index (κ2) is 11.5. The first kappa shape index (κ1) is 23.6. The summed E-state index contributed by atoms with van der Waals surface area (Å²) in [5.41, 5.74) is 0.579. The van der Waals surface area contributed by atoms with E-state index in [-0.39, 0.29) is 0 Å². The molecule has 6 heteroatoms. The molecule has 0 aromatic heterocycles. The molecule has 1 aliphatic heterocycles. The predicted octanol–water partition coefficient (Wildman–Crippen LogP) is 7.39. The minimum Gasteiger partial charge on any atom is -0.482 e. The summed E-state index contributed by atoms with van der Waals surface area (Å²) < 4.78 is 57.1. The zero-order valence-corrected chi connectivity index (χ0v) is 19.3. The number of rotatable bonds is 9. The van der Waals surface area contributed by atoms with Crippen molar-refractivity contribution in [2.45, 2.75) is 89.3 Å². The number of benzene rings is 1. The zero-order valence-electron chi connectivity index (χ0n) is 18.2. The van der Waals surface area contributed by atoms with Crippen LogP contribution in [-0.2, 0) is 6.42 Å². The second-order valence-electron chi connectivity index (χ2n) is 9.48. The standard InChI is InChI=1S/C24H36F4OSi/c1-2-11-30-12-9-20(10-13-30)19-7-5-17(6-8-19)3-4-18-14-21(25)24(22(26)15-18)29-16-23(27)28/h14-15,17,19-20,23,30H,2-13,16H2,1H3/t17-,19-,20?,30?. The Labute approximate surface area is 180 Å². The number of aryl methyl sites for hydroxylation is 1. The van der Waals surface area contributed by atoms with E-state index >= 15 is 0 Å². The summed E-state index contributed by atoms with van der Waals surface area (Å²) in [6, 6.07) is 7.08. The van der Waals surface area contributed by atoms with Gasteiger partial charge >= 0.3 is 0 Å². The van der Waals surface area contributed by atoms with Gasteiger partial charge in [0.25, 0.3) is 6.43 Å². The number of alkyl halides is 2. The lowest BCUT2D eigenvalue weighted by Crippen LogP contribution is -2.28. The van der Waals surface area contributed by atoms with Gasteiger partial charge in [0, 0.05) is 8.80 Å². The van der Waals surface area contributed by atoms with Crippen molar-refractivity contribution >= 4 is 8.80 Å². The van der Waals surface area contributed by atoms with E-state index in [1.807, 2.05) is 0 Å². The Balaban J connectivity index is 1.41. The molecule has 0 atom stereocenters. The van der Waals surface area contributed by atoms with Gasteiger partial charge in [-0.3, -0.25) is 0 Å². The number of hydrogen-bond acceptors (Lipinski definition) is 1. The Bertz CT molecular complexity index is 630. The quantitative estimate of drug-likeness (QED) is 0.285. The average molecular weight is 445 g/mol. The van der Waals surface area contributed by atoms with Gasteiger partial charge in [-0.05, 0) is 61.1 Å². The molecule has 0 bridgehead atoms. The summed E-state index contributed by atoms with van der Waals surface area (Å²) in [5, 5.41) is 0. The van der Waals surface area contributed by atoms with Crippen LogP contribution in [0.4, 0.5) is 17.6 Å². The van der Waals surface area contributed by atoms with Crippen molar-refractivity contribution in [1.29, 1.82) is 0 Å². The highest BCUT2D eigenvalue weighted by Gasteiger charge is 2.31. The fraction of sp³-hybridized carbons (Fsp3) is 0.750. The zero-order chi connectivity index (χ0) is 21.5. The lowest BCUT2D eigenvalue weighted by atomic mass is 9.73. The third-order valence-corrected chi connectivity index (χ3v) is 11.1. The van der Waals surface area contributed by atoms with Gasteiger partial charge in [0.1, 0.15) is 6.61 Å². The summed E-state index contributed by atoms with van der Waals surface area (Å²) >= 11 is 0. The molecule has 0 unspecified atom stereocenters. The molecule has 1 heterocycles.